The van der Waals surface area contributed by atoms with Crippen molar-refractivity contribution in [2.75, 3.05) is 6.66 Å². The first kappa shape index (κ1) is 10.4. The fraction of sp³-hybridized carbons (Fsp3) is 0.400. The topological polar surface area (TPSA) is 75.3 Å². The van der Waals surface area contributed by atoms with Crippen LogP contribution in [0.2, 0.25) is 0 Å². The Balaban J connectivity index is 0.000000187. The van der Waals surface area contributed by atoms with Crippen LogP contribution in [0.15, 0.2) is 18.7 Å². The van der Waals surface area contributed by atoms with Gasteiger partial charge in [0.05, 0.1) is 6.33 Å². The highest BCUT2D eigenvalue weighted by atomic mass is 31.2. The largest absolute Gasteiger partial charge is 0.341 e. The van der Waals surface area contributed by atoms with Crippen LogP contribution in [0.4, 0.5) is 0 Å². The monoisotopic (exact) mass is 178 g/mol. The van der Waals surface area contributed by atoms with Crippen LogP contribution in [-0.2, 0) is 11.6 Å². The maximum atomic E-state index is 9.33. The standard InChI is InChI=1S/C4H6N2.CH5O3P/c1-6-3-2-5-4-6;1-5(2,3)4/h2-4H,1H3;1H3,(H2,2,3,4). The molecule has 11 heavy (non-hydrogen) atoms. The third kappa shape index (κ3) is 12.5. The van der Waals surface area contributed by atoms with Gasteiger partial charge in [-0.3, -0.25) is 4.57 Å². The molecule has 0 bridgehead atoms. The first-order valence-electron chi connectivity index (χ1n) is 2.84. The highest BCUT2D eigenvalue weighted by Crippen LogP contribution is 2.26. The zero-order valence-electron chi connectivity index (χ0n) is 6.38. The average molecular weight is 178 g/mol. The summed E-state index contributed by atoms with van der Waals surface area (Å²) in [5.41, 5.74) is 0. The van der Waals surface area contributed by atoms with Crippen LogP contribution in [-0.4, -0.2) is 26.0 Å². The van der Waals surface area contributed by atoms with Crippen molar-refractivity contribution in [3.63, 3.8) is 0 Å². The fourth-order valence-corrected chi connectivity index (χ4v) is 0.326. The molecule has 0 radical (unpaired) electrons. The summed E-state index contributed by atoms with van der Waals surface area (Å²) in [6.07, 6.45) is 5.39. The second kappa shape index (κ2) is 4.28. The highest BCUT2D eigenvalue weighted by molar-refractivity contribution is 7.50. The lowest BCUT2D eigenvalue weighted by Crippen LogP contribution is -1.76. The van der Waals surface area contributed by atoms with Crippen LogP contribution in [0.5, 0.6) is 0 Å². The summed E-state index contributed by atoms with van der Waals surface area (Å²) in [6, 6.07) is 0. The Morgan fingerprint density at radius 2 is 2.00 bits per heavy atom. The zero-order chi connectivity index (χ0) is 8.91. The van der Waals surface area contributed by atoms with Gasteiger partial charge in [-0.25, -0.2) is 4.98 Å². The van der Waals surface area contributed by atoms with Crippen molar-refractivity contribution >= 4 is 7.60 Å². The number of hydrogen-bond donors (Lipinski definition) is 2. The van der Waals surface area contributed by atoms with E-state index >= 15 is 0 Å². The fourth-order valence-electron chi connectivity index (χ4n) is 0.326. The molecule has 0 amide bonds. The van der Waals surface area contributed by atoms with Crippen molar-refractivity contribution in [1.29, 1.82) is 0 Å². The minimum atomic E-state index is -3.64. The van der Waals surface area contributed by atoms with Crippen molar-refractivity contribution in [3.8, 4) is 0 Å². The summed E-state index contributed by atoms with van der Waals surface area (Å²) < 4.78 is 11.2. The van der Waals surface area contributed by atoms with E-state index in [4.69, 9.17) is 9.79 Å². The molecule has 0 saturated carbocycles. The van der Waals surface area contributed by atoms with Gasteiger partial charge in [0.25, 0.3) is 0 Å². The minimum absolute atomic E-state index is 0.854. The third-order valence-corrected chi connectivity index (χ3v) is 0.637. The molecule has 0 aliphatic rings. The van der Waals surface area contributed by atoms with Gasteiger partial charge < -0.3 is 14.4 Å². The Labute approximate surface area is 64.9 Å². The molecule has 1 rings (SSSR count). The summed E-state index contributed by atoms with van der Waals surface area (Å²) >= 11 is 0. The Kier molecular flexibility index (Phi) is 4.03. The second-order valence-electron chi connectivity index (χ2n) is 2.06. The molecule has 0 atom stereocenters. The minimum Gasteiger partial charge on any atom is -0.341 e. The molecular formula is C5H11N2O3P. The Hall–Kier alpha value is -0.640. The molecule has 0 aliphatic heterocycles. The molecule has 0 unspecified atom stereocenters. The normalized spacial score (nSPS) is 10.2. The molecule has 64 valence electrons. The van der Waals surface area contributed by atoms with E-state index in [2.05, 4.69) is 4.98 Å². The molecule has 1 aromatic heterocycles. The van der Waals surface area contributed by atoms with Crippen molar-refractivity contribution < 1.29 is 14.4 Å². The van der Waals surface area contributed by atoms with Crippen LogP contribution in [0.1, 0.15) is 0 Å². The van der Waals surface area contributed by atoms with E-state index in [9.17, 15) is 4.57 Å². The van der Waals surface area contributed by atoms with Crippen LogP contribution < -0.4 is 0 Å². The predicted molar refractivity (Wildman–Crippen MR) is 41.2 cm³/mol. The Bertz CT molecular complexity index is 220. The van der Waals surface area contributed by atoms with Crippen molar-refractivity contribution in [2.24, 2.45) is 7.05 Å². The molecule has 0 aliphatic carbocycles. The quantitative estimate of drug-likeness (QED) is 0.557. The Morgan fingerprint density at radius 1 is 1.55 bits per heavy atom. The van der Waals surface area contributed by atoms with E-state index in [0.29, 0.717) is 0 Å². The van der Waals surface area contributed by atoms with Crippen LogP contribution in [0.3, 0.4) is 0 Å². The van der Waals surface area contributed by atoms with E-state index in [1.807, 2.05) is 17.8 Å². The maximum absolute atomic E-state index is 9.33. The van der Waals surface area contributed by atoms with E-state index in [1.165, 1.54) is 0 Å². The lowest BCUT2D eigenvalue weighted by Gasteiger charge is -1.84. The summed E-state index contributed by atoms with van der Waals surface area (Å²) in [7, 11) is -1.70. The molecular weight excluding hydrogens is 167 g/mol. The molecule has 0 fully saturated rings. The summed E-state index contributed by atoms with van der Waals surface area (Å²) in [5.74, 6) is 0. The number of rotatable bonds is 0. The number of nitrogens with zero attached hydrogens (tertiary/aromatic N) is 2. The summed E-state index contributed by atoms with van der Waals surface area (Å²) in [5, 5.41) is 0. The lowest BCUT2D eigenvalue weighted by molar-refractivity contribution is 0.381. The molecule has 1 heterocycles. The highest BCUT2D eigenvalue weighted by Gasteiger charge is 1.95. The van der Waals surface area contributed by atoms with Crippen molar-refractivity contribution in [3.05, 3.63) is 18.7 Å². The van der Waals surface area contributed by atoms with Crippen LogP contribution in [0, 0.1) is 0 Å². The van der Waals surface area contributed by atoms with Crippen molar-refractivity contribution in [2.45, 2.75) is 0 Å². The number of imidazole rings is 1. The van der Waals surface area contributed by atoms with E-state index in [-0.39, 0.29) is 0 Å². The molecule has 2 N–H and O–H groups in total. The first-order chi connectivity index (χ1) is 4.89. The van der Waals surface area contributed by atoms with E-state index in [0.717, 1.165) is 6.66 Å². The van der Waals surface area contributed by atoms with Gasteiger partial charge in [-0.2, -0.15) is 0 Å². The molecule has 0 spiro atoms. The maximum Gasteiger partial charge on any atom is 0.322 e. The van der Waals surface area contributed by atoms with Gasteiger partial charge in [-0.05, 0) is 0 Å². The SMILES string of the molecule is CP(=O)(O)O.Cn1ccnc1. The first-order valence-corrected chi connectivity index (χ1v) is 4.90. The van der Waals surface area contributed by atoms with Gasteiger partial charge >= 0.3 is 7.60 Å². The molecule has 6 heteroatoms. The van der Waals surface area contributed by atoms with Crippen molar-refractivity contribution in [1.82, 2.24) is 9.55 Å². The molecule has 0 saturated heterocycles. The van der Waals surface area contributed by atoms with Gasteiger partial charge in [0.2, 0.25) is 0 Å². The van der Waals surface area contributed by atoms with Crippen LogP contribution >= 0.6 is 7.60 Å². The van der Waals surface area contributed by atoms with E-state index < -0.39 is 7.60 Å². The van der Waals surface area contributed by atoms with E-state index in [1.54, 1.807) is 12.5 Å². The summed E-state index contributed by atoms with van der Waals surface area (Å²) in [4.78, 5) is 19.0. The summed E-state index contributed by atoms with van der Waals surface area (Å²) in [6.45, 7) is 0.854. The third-order valence-electron chi connectivity index (χ3n) is 0.637. The average Bonchev–Trinajstić information content (AvgIpc) is 2.12. The van der Waals surface area contributed by atoms with Crippen LogP contribution in [0.25, 0.3) is 0 Å². The number of hydrogen-bond acceptors (Lipinski definition) is 2. The van der Waals surface area contributed by atoms with Gasteiger partial charge in [-0.1, -0.05) is 0 Å². The van der Waals surface area contributed by atoms with Gasteiger partial charge in [0.15, 0.2) is 0 Å². The zero-order valence-corrected chi connectivity index (χ0v) is 7.27. The molecule has 5 nitrogen and oxygen atoms in total. The molecule has 0 aromatic carbocycles. The second-order valence-corrected chi connectivity index (χ2v) is 3.73. The van der Waals surface area contributed by atoms with Gasteiger partial charge in [0, 0.05) is 26.1 Å². The molecule has 1 aromatic rings. The number of aromatic nitrogens is 2. The number of aryl methyl sites for hydroxylation is 1. The predicted octanol–water partition coefficient (Wildman–Crippen LogP) is 0.214. The smallest absolute Gasteiger partial charge is 0.322 e. The Morgan fingerprint density at radius 3 is 2.09 bits per heavy atom. The van der Waals surface area contributed by atoms with Gasteiger partial charge in [0.1, 0.15) is 0 Å². The van der Waals surface area contributed by atoms with Gasteiger partial charge in [-0.15, -0.1) is 0 Å². The lowest BCUT2D eigenvalue weighted by atomic mass is 10.9.